The van der Waals surface area contributed by atoms with Crippen LogP contribution in [0.15, 0.2) is 35.5 Å². The molecule has 1 aromatic rings. The van der Waals surface area contributed by atoms with Crippen LogP contribution in [0.2, 0.25) is 18.1 Å². The molecule has 17 heteroatoms. The predicted octanol–water partition coefficient (Wildman–Crippen LogP) is 1.49. The maximum atomic E-state index is 13.8. The normalized spacial score (nSPS) is 24.4. The molecule has 0 aliphatic carbocycles. The number of amides is 1. The third-order valence-corrected chi connectivity index (χ3v) is 14.9. The van der Waals surface area contributed by atoms with Crippen molar-refractivity contribution in [2.45, 2.75) is 70.9 Å². The zero-order valence-electron chi connectivity index (χ0n) is 26.9. The molecule has 0 spiro atoms. The molecule has 0 radical (unpaired) electrons. The summed E-state index contributed by atoms with van der Waals surface area (Å²) in [5, 5.41) is 19.4. The monoisotopic (exact) mass is 680 g/mol. The number of nitrogens with two attached hydrogens (primary N) is 1. The summed E-state index contributed by atoms with van der Waals surface area (Å²) in [6.45, 7) is 12.2. The molecule has 0 saturated carbocycles. The van der Waals surface area contributed by atoms with E-state index < -0.39 is 41.3 Å². The van der Waals surface area contributed by atoms with Crippen molar-refractivity contribution in [2.75, 3.05) is 32.7 Å². The molecular formula is C29H44N6O9SSi. The molecule has 4 N–H and O–H groups in total. The van der Waals surface area contributed by atoms with Crippen molar-refractivity contribution in [1.82, 2.24) is 19.8 Å². The van der Waals surface area contributed by atoms with E-state index in [0.717, 1.165) is 30.3 Å². The number of nitrogens with one attached hydrogen (secondary N) is 2. The van der Waals surface area contributed by atoms with Crippen molar-refractivity contribution >= 4 is 42.1 Å². The zero-order chi connectivity index (χ0) is 34.0. The van der Waals surface area contributed by atoms with Gasteiger partial charge in [0.25, 0.3) is 15.9 Å². The Balaban J connectivity index is 1.60. The van der Waals surface area contributed by atoms with Crippen molar-refractivity contribution in [2.24, 2.45) is 17.0 Å². The molecule has 5 atom stereocenters. The van der Waals surface area contributed by atoms with Gasteiger partial charge in [0.15, 0.2) is 8.32 Å². The lowest BCUT2D eigenvalue weighted by molar-refractivity contribution is -0.384. The van der Waals surface area contributed by atoms with Crippen LogP contribution in [0.5, 0.6) is 0 Å². The van der Waals surface area contributed by atoms with E-state index in [1.54, 1.807) is 0 Å². The number of carbonyl (C=O) groups excluding carboxylic acids is 3. The maximum Gasteiger partial charge on any atom is 0.362 e. The number of rotatable bonds is 14. The highest BCUT2D eigenvalue weighted by Crippen LogP contribution is 2.48. The Labute approximate surface area is 270 Å². The summed E-state index contributed by atoms with van der Waals surface area (Å²) in [4.78, 5) is 54.3. The molecule has 0 aromatic heterocycles. The molecule has 3 aliphatic rings. The number of nitro benzene ring substituents is 1. The van der Waals surface area contributed by atoms with Crippen molar-refractivity contribution in [3.05, 3.63) is 51.2 Å². The third-order valence-electron chi connectivity index (χ3n) is 9.63. The largest absolute Gasteiger partial charge is 0.413 e. The highest BCUT2D eigenvalue weighted by atomic mass is 32.2. The van der Waals surface area contributed by atoms with Gasteiger partial charge >= 0.3 is 11.9 Å². The average Bonchev–Trinajstić information content (AvgIpc) is 3.26. The first-order valence-electron chi connectivity index (χ1n) is 15.6. The Morgan fingerprint density at radius 2 is 1.80 bits per heavy atom. The molecule has 1 aromatic carbocycles. The standard InChI is InChI=1S/C29H44N6O9SSi/c1-6-46(7-2,8-3)44-19(5)24-25-18(4)23(17-33-14-13-31-21(16-33)15-32-45(30,41)42)26(34(25)27(24)36)29(38)43-28(37)20-9-11-22(12-10-20)35(39)40/h9-12,18-19,21,24-25,31-32H,6-8,13-17H2,1-5H3,(H2,30,41,42)/t18-,19+,21?,24+,25+/m0/s1. The molecule has 3 heterocycles. The Hall–Kier alpha value is -3.06. The lowest BCUT2D eigenvalue weighted by Gasteiger charge is -2.49. The van der Waals surface area contributed by atoms with Gasteiger partial charge in [-0.3, -0.25) is 19.8 Å². The number of carbonyl (C=O) groups is 3. The molecule has 2 fully saturated rings. The fourth-order valence-corrected chi connectivity index (χ4v) is 10.2. The SMILES string of the molecule is CC[Si](CC)(CC)O[C@H](C)[C@H]1C(=O)N2C(C(=O)OC(=O)c3ccc([N+](=O)[O-])cc3)=C(CN3CCNC(CNS(N)(=O)=O)C3)[C@H](C)[C@H]12. The number of benzene rings is 1. The van der Waals surface area contributed by atoms with Gasteiger partial charge < -0.3 is 19.4 Å². The number of nitrogens with zero attached hydrogens (tertiary/aromatic N) is 3. The number of β-lactam (4-membered cyclic amide) rings is 1. The molecule has 3 aliphatic heterocycles. The summed E-state index contributed by atoms with van der Waals surface area (Å²) in [6.07, 6.45) is -0.367. The third kappa shape index (κ3) is 7.56. The number of nitro groups is 1. The highest BCUT2D eigenvalue weighted by molar-refractivity contribution is 7.87. The second-order valence-electron chi connectivity index (χ2n) is 12.2. The molecule has 46 heavy (non-hydrogen) atoms. The van der Waals surface area contributed by atoms with Crippen molar-refractivity contribution < 1.29 is 36.9 Å². The van der Waals surface area contributed by atoms with Crippen LogP contribution in [0, 0.1) is 22.0 Å². The van der Waals surface area contributed by atoms with Gasteiger partial charge in [-0.15, -0.1) is 0 Å². The van der Waals surface area contributed by atoms with Gasteiger partial charge in [-0.25, -0.2) is 19.5 Å². The van der Waals surface area contributed by atoms with Crippen LogP contribution in [0.25, 0.3) is 0 Å². The summed E-state index contributed by atoms with van der Waals surface area (Å²) in [6, 6.07) is 6.84. The van der Waals surface area contributed by atoms with Crippen LogP contribution < -0.4 is 15.2 Å². The number of hydrogen-bond acceptors (Lipinski definition) is 11. The first kappa shape index (κ1) is 35.8. The van der Waals surface area contributed by atoms with Crippen LogP contribution in [0.1, 0.15) is 45.0 Å². The van der Waals surface area contributed by atoms with Gasteiger partial charge in [0, 0.05) is 56.8 Å². The van der Waals surface area contributed by atoms with Gasteiger partial charge in [-0.2, -0.15) is 8.42 Å². The second-order valence-corrected chi connectivity index (χ2v) is 18.3. The molecule has 0 bridgehead atoms. The minimum absolute atomic E-state index is 0.0175. The van der Waals surface area contributed by atoms with E-state index in [0.29, 0.717) is 25.2 Å². The summed E-state index contributed by atoms with van der Waals surface area (Å²) < 4.78 is 37.1. The minimum Gasteiger partial charge on any atom is -0.413 e. The predicted molar refractivity (Wildman–Crippen MR) is 171 cm³/mol. The molecule has 1 amide bonds. The van der Waals surface area contributed by atoms with Crippen molar-refractivity contribution in [1.29, 1.82) is 0 Å². The van der Waals surface area contributed by atoms with Crippen molar-refractivity contribution in [3.63, 3.8) is 0 Å². The lowest BCUT2D eigenvalue weighted by atomic mass is 9.77. The van der Waals surface area contributed by atoms with E-state index in [4.69, 9.17) is 14.3 Å². The van der Waals surface area contributed by atoms with E-state index in [-0.39, 0.29) is 60.1 Å². The fourth-order valence-electron chi connectivity index (χ4n) is 6.84. The second kappa shape index (κ2) is 14.4. The van der Waals surface area contributed by atoms with E-state index >= 15 is 0 Å². The summed E-state index contributed by atoms with van der Waals surface area (Å²) >= 11 is 0. The number of esters is 2. The number of fused-ring (bicyclic) bond motifs is 1. The molecular weight excluding hydrogens is 637 g/mol. The maximum absolute atomic E-state index is 13.8. The van der Waals surface area contributed by atoms with E-state index in [1.165, 1.54) is 17.0 Å². The first-order chi connectivity index (χ1) is 21.6. The van der Waals surface area contributed by atoms with E-state index in [1.807, 2.05) is 13.8 Å². The zero-order valence-corrected chi connectivity index (χ0v) is 28.7. The lowest BCUT2D eigenvalue weighted by Crippen LogP contribution is -2.65. The van der Waals surface area contributed by atoms with Crippen LogP contribution in [0.3, 0.4) is 0 Å². The summed E-state index contributed by atoms with van der Waals surface area (Å²) in [5.74, 6) is -2.98. The van der Waals surface area contributed by atoms with Crippen molar-refractivity contribution in [3.8, 4) is 0 Å². The minimum atomic E-state index is -3.88. The van der Waals surface area contributed by atoms with Gasteiger partial charge in [-0.1, -0.05) is 27.7 Å². The van der Waals surface area contributed by atoms with E-state index in [9.17, 15) is 32.9 Å². The molecule has 4 rings (SSSR count). The Kier molecular flexibility index (Phi) is 11.2. The van der Waals surface area contributed by atoms with Gasteiger partial charge in [0.2, 0.25) is 5.91 Å². The average molecular weight is 681 g/mol. The number of ether oxygens (including phenoxy) is 1. The van der Waals surface area contributed by atoms with Gasteiger partial charge in [-0.05, 0) is 42.8 Å². The molecule has 1 unspecified atom stereocenters. The molecule has 254 valence electrons. The topological polar surface area (TPSA) is 204 Å². The van der Waals surface area contributed by atoms with E-state index in [2.05, 4.69) is 35.7 Å². The quantitative estimate of drug-likeness (QED) is 0.0641. The Bertz CT molecular complexity index is 1480. The molecule has 15 nitrogen and oxygen atoms in total. The van der Waals surface area contributed by atoms with Crippen LogP contribution in [-0.4, -0.2) is 100 Å². The first-order valence-corrected chi connectivity index (χ1v) is 19.7. The van der Waals surface area contributed by atoms with Crippen LogP contribution in [-0.2, 0) is 29.0 Å². The Morgan fingerprint density at radius 3 is 2.37 bits per heavy atom. The fraction of sp³-hybridized carbons (Fsp3) is 0.621. The summed E-state index contributed by atoms with van der Waals surface area (Å²) in [7, 11) is -5.92. The van der Waals surface area contributed by atoms with Gasteiger partial charge in [0.1, 0.15) is 5.70 Å². The number of piperazine rings is 1. The number of non-ortho nitro benzene ring substituents is 1. The Morgan fingerprint density at radius 1 is 1.17 bits per heavy atom. The molecule has 2 saturated heterocycles. The summed E-state index contributed by atoms with van der Waals surface area (Å²) in [5.41, 5.74) is 0.387. The smallest absolute Gasteiger partial charge is 0.362 e. The van der Waals surface area contributed by atoms with Gasteiger partial charge in [0.05, 0.1) is 28.6 Å². The van der Waals surface area contributed by atoms with Crippen LogP contribution in [0.4, 0.5) is 5.69 Å². The van der Waals surface area contributed by atoms with Crippen LogP contribution >= 0.6 is 0 Å². The number of hydrogen-bond donors (Lipinski definition) is 3. The highest BCUT2D eigenvalue weighted by Gasteiger charge is 2.61.